The highest BCUT2D eigenvalue weighted by molar-refractivity contribution is 7.98. The van der Waals surface area contributed by atoms with Crippen molar-refractivity contribution in [3.8, 4) is 0 Å². The summed E-state index contributed by atoms with van der Waals surface area (Å²) in [6, 6.07) is 12.7. The highest BCUT2D eigenvalue weighted by Crippen LogP contribution is 2.27. The van der Waals surface area contributed by atoms with Crippen molar-refractivity contribution >= 4 is 46.6 Å². The van der Waals surface area contributed by atoms with Crippen molar-refractivity contribution in [1.29, 1.82) is 0 Å². The normalized spacial score (nSPS) is 15.3. The second-order valence-corrected chi connectivity index (χ2v) is 7.64. The van der Waals surface area contributed by atoms with Gasteiger partial charge in [-0.3, -0.25) is 9.59 Å². The zero-order valence-electron chi connectivity index (χ0n) is 16.5. The third-order valence-corrected chi connectivity index (χ3v) is 5.55. The number of thioether (sulfide) groups is 1. The quantitative estimate of drug-likeness (QED) is 0.705. The molecule has 4 rings (SSSR count). The van der Waals surface area contributed by atoms with Crippen LogP contribution in [0.25, 0.3) is 5.57 Å². The lowest BCUT2D eigenvalue weighted by atomic mass is 9.99. The summed E-state index contributed by atoms with van der Waals surface area (Å²) in [5.41, 5.74) is 1.28. The summed E-state index contributed by atoms with van der Waals surface area (Å²) < 4.78 is 14.1. The third-order valence-electron chi connectivity index (χ3n) is 4.80. The van der Waals surface area contributed by atoms with Crippen molar-refractivity contribution in [1.82, 2.24) is 10.2 Å². The van der Waals surface area contributed by atoms with Crippen LogP contribution in [-0.4, -0.2) is 47.0 Å². The molecule has 0 aromatic heterocycles. The van der Waals surface area contributed by atoms with Crippen molar-refractivity contribution in [2.45, 2.75) is 11.4 Å². The molecule has 31 heavy (non-hydrogen) atoms. The number of urea groups is 1. The fraction of sp³-hybridized carbons (Fsp3) is 0.136. The van der Waals surface area contributed by atoms with E-state index in [2.05, 4.69) is 15.3 Å². The number of nitrogens with one attached hydrogen (secondary N) is 1. The number of amides is 4. The Bertz CT molecular complexity index is 1170. The van der Waals surface area contributed by atoms with Crippen LogP contribution in [0, 0.1) is 5.82 Å². The molecule has 0 atom stereocenters. The molecular weight excluding hydrogens is 419 g/mol. The van der Waals surface area contributed by atoms with Crippen LogP contribution in [0.1, 0.15) is 11.1 Å². The van der Waals surface area contributed by atoms with Crippen LogP contribution >= 0.6 is 11.8 Å². The molecule has 2 heterocycles. The smallest absolute Gasteiger partial charge is 0.350 e. The number of rotatable bonds is 6. The number of aliphatic imine (C=N–C) groups is 2. The maximum absolute atomic E-state index is 14.1. The Morgan fingerprint density at radius 2 is 1.84 bits per heavy atom. The molecule has 0 bridgehead atoms. The van der Waals surface area contributed by atoms with Crippen molar-refractivity contribution < 1.29 is 18.8 Å². The van der Waals surface area contributed by atoms with Crippen LogP contribution in [-0.2, 0) is 16.1 Å². The average molecular weight is 436 g/mol. The lowest BCUT2D eigenvalue weighted by molar-refractivity contribution is -0.128. The Morgan fingerprint density at radius 3 is 2.55 bits per heavy atom. The van der Waals surface area contributed by atoms with Crippen LogP contribution < -0.4 is 5.32 Å². The third kappa shape index (κ3) is 4.17. The molecule has 2 aliphatic heterocycles. The summed E-state index contributed by atoms with van der Waals surface area (Å²) in [7, 11) is 0. The summed E-state index contributed by atoms with van der Waals surface area (Å²) in [6.45, 7) is -0.219. The number of hydrogen-bond donors (Lipinski definition) is 1. The van der Waals surface area contributed by atoms with Gasteiger partial charge in [0.2, 0.25) is 5.91 Å². The first kappa shape index (κ1) is 20.7. The monoisotopic (exact) mass is 436 g/mol. The van der Waals surface area contributed by atoms with E-state index in [1.165, 1.54) is 24.4 Å². The van der Waals surface area contributed by atoms with Crippen LogP contribution in [0.3, 0.4) is 0 Å². The Morgan fingerprint density at radius 1 is 1.10 bits per heavy atom. The van der Waals surface area contributed by atoms with Gasteiger partial charge in [-0.25, -0.2) is 19.1 Å². The maximum Gasteiger partial charge on any atom is 0.351 e. The Kier molecular flexibility index (Phi) is 5.77. The molecule has 2 aliphatic rings. The summed E-state index contributed by atoms with van der Waals surface area (Å²) in [5.74, 6) is -1.76. The van der Waals surface area contributed by atoms with Gasteiger partial charge in [-0.15, -0.1) is 11.8 Å². The fourth-order valence-electron chi connectivity index (χ4n) is 3.18. The van der Waals surface area contributed by atoms with Gasteiger partial charge in [-0.2, -0.15) is 4.99 Å². The minimum Gasteiger partial charge on any atom is -0.350 e. The molecule has 0 unspecified atom stereocenters. The first-order chi connectivity index (χ1) is 15.0. The molecule has 0 spiro atoms. The molecule has 7 nitrogen and oxygen atoms in total. The molecule has 2 aromatic rings. The van der Waals surface area contributed by atoms with Crippen LogP contribution in [0.4, 0.5) is 9.18 Å². The number of nitrogens with zero attached hydrogens (tertiary/aromatic N) is 3. The predicted molar refractivity (Wildman–Crippen MR) is 116 cm³/mol. The first-order valence-corrected chi connectivity index (χ1v) is 10.6. The predicted octanol–water partition coefficient (Wildman–Crippen LogP) is 3.06. The van der Waals surface area contributed by atoms with Gasteiger partial charge < -0.3 is 5.32 Å². The average Bonchev–Trinajstić information content (AvgIpc) is 3.19. The number of allylic oxidation sites excluding steroid dienone is 1. The van der Waals surface area contributed by atoms with Crippen molar-refractivity contribution in [3.63, 3.8) is 0 Å². The van der Waals surface area contributed by atoms with E-state index in [0.717, 1.165) is 15.4 Å². The maximum atomic E-state index is 14.1. The van der Waals surface area contributed by atoms with E-state index in [9.17, 15) is 18.8 Å². The van der Waals surface area contributed by atoms with E-state index < -0.39 is 30.2 Å². The zero-order valence-corrected chi connectivity index (χ0v) is 17.3. The lowest BCUT2D eigenvalue weighted by Gasteiger charge is -2.23. The summed E-state index contributed by atoms with van der Waals surface area (Å²) >= 11 is 1.61. The Labute approximate surface area is 181 Å². The van der Waals surface area contributed by atoms with Gasteiger partial charge in [0.15, 0.2) is 5.71 Å². The minimum atomic E-state index is -0.887. The van der Waals surface area contributed by atoms with Crippen LogP contribution in [0.2, 0.25) is 0 Å². The van der Waals surface area contributed by atoms with Gasteiger partial charge in [0, 0.05) is 28.8 Å². The largest absolute Gasteiger partial charge is 0.351 e. The SMILES string of the molecule is CSc1ccc(CNC(=O)CN2C(=O)N=C3C(c4ccccc4F)=CN=C3C2=O)cc1. The van der Waals surface area contributed by atoms with Gasteiger partial charge in [0.1, 0.15) is 18.1 Å². The fourth-order valence-corrected chi connectivity index (χ4v) is 3.59. The summed E-state index contributed by atoms with van der Waals surface area (Å²) in [4.78, 5) is 47.3. The second-order valence-electron chi connectivity index (χ2n) is 6.76. The van der Waals surface area contributed by atoms with E-state index >= 15 is 0 Å². The molecule has 4 amide bonds. The van der Waals surface area contributed by atoms with Gasteiger partial charge in [-0.05, 0) is 30.0 Å². The Hall–Kier alpha value is -3.59. The standard InChI is InChI=1S/C22H17FN4O3S/c1-31-14-8-6-13(7-9-14)10-24-18(28)12-27-21(29)20-19(26-22(27)30)16(11-25-20)15-4-2-3-5-17(15)23/h2-9,11H,10,12H2,1H3,(H,24,28). The molecule has 9 heteroatoms. The number of benzene rings is 2. The molecule has 0 saturated carbocycles. The van der Waals surface area contributed by atoms with E-state index in [1.54, 1.807) is 17.8 Å². The highest BCUT2D eigenvalue weighted by Gasteiger charge is 2.39. The van der Waals surface area contributed by atoms with Gasteiger partial charge >= 0.3 is 6.03 Å². The minimum absolute atomic E-state index is 0.0191. The van der Waals surface area contributed by atoms with E-state index in [-0.39, 0.29) is 29.1 Å². The molecule has 0 saturated heterocycles. The summed E-state index contributed by atoms with van der Waals surface area (Å²) in [6.07, 6.45) is 3.28. The summed E-state index contributed by atoms with van der Waals surface area (Å²) in [5, 5.41) is 2.68. The molecular formula is C22H17FN4O3S. The van der Waals surface area contributed by atoms with E-state index in [0.29, 0.717) is 0 Å². The van der Waals surface area contributed by atoms with Crippen LogP contribution in [0.15, 0.2) is 69.6 Å². The van der Waals surface area contributed by atoms with Crippen molar-refractivity contribution in [2.75, 3.05) is 12.8 Å². The second kappa shape index (κ2) is 8.65. The number of carbonyl (C=O) groups is 3. The topological polar surface area (TPSA) is 91.2 Å². The lowest BCUT2D eigenvalue weighted by Crippen LogP contribution is -2.50. The van der Waals surface area contributed by atoms with Crippen molar-refractivity contribution in [2.24, 2.45) is 9.98 Å². The van der Waals surface area contributed by atoms with Gasteiger partial charge in [0.05, 0.1) is 0 Å². The number of hydrogen-bond acceptors (Lipinski definition) is 5. The van der Waals surface area contributed by atoms with Crippen molar-refractivity contribution in [3.05, 3.63) is 71.7 Å². The Balaban J connectivity index is 1.44. The number of halogens is 1. The van der Waals surface area contributed by atoms with Gasteiger partial charge in [-0.1, -0.05) is 30.3 Å². The molecule has 156 valence electrons. The molecule has 1 N–H and O–H groups in total. The molecule has 2 aromatic carbocycles. The first-order valence-electron chi connectivity index (χ1n) is 9.35. The van der Waals surface area contributed by atoms with E-state index in [4.69, 9.17) is 0 Å². The zero-order chi connectivity index (χ0) is 22.0. The number of carbonyl (C=O) groups excluding carboxylic acids is 3. The molecule has 0 fully saturated rings. The number of imide groups is 1. The van der Waals surface area contributed by atoms with E-state index in [1.807, 2.05) is 30.5 Å². The number of fused-ring (bicyclic) bond motifs is 1. The highest BCUT2D eigenvalue weighted by atomic mass is 32.2. The van der Waals surface area contributed by atoms with Crippen LogP contribution in [0.5, 0.6) is 0 Å². The van der Waals surface area contributed by atoms with Gasteiger partial charge in [0.25, 0.3) is 5.91 Å². The molecule has 0 radical (unpaired) electrons. The molecule has 0 aliphatic carbocycles.